The first-order valence-electron chi connectivity index (χ1n) is 9.13. The molecule has 3 aliphatic heterocycles. The molecule has 0 bridgehead atoms. The van der Waals surface area contributed by atoms with Crippen molar-refractivity contribution in [1.29, 1.82) is 0 Å². The fourth-order valence-electron chi connectivity index (χ4n) is 4.35. The third-order valence-corrected chi connectivity index (χ3v) is 5.73. The van der Waals surface area contributed by atoms with Gasteiger partial charge >= 0.3 is 0 Å². The minimum absolute atomic E-state index is 0.00573. The first kappa shape index (κ1) is 16.7. The predicted molar refractivity (Wildman–Crippen MR) is 96.5 cm³/mol. The topological polar surface area (TPSA) is 55.4 Å². The maximum Gasteiger partial charge on any atom is 0.231 e. The Balaban J connectivity index is 1.39. The molecule has 0 amide bonds. The van der Waals surface area contributed by atoms with Crippen LogP contribution in [-0.4, -0.2) is 34.2 Å². The molecule has 5 rings (SSSR count). The van der Waals surface area contributed by atoms with Gasteiger partial charge in [0.2, 0.25) is 6.79 Å². The minimum atomic E-state index is -0.00573. The summed E-state index contributed by atoms with van der Waals surface area (Å²) in [6.07, 6.45) is 0.00320. The molecule has 0 aromatic heterocycles. The van der Waals surface area contributed by atoms with Crippen LogP contribution in [-0.2, 0) is 9.47 Å². The largest absolute Gasteiger partial charge is 0.493 e. The maximum atomic E-state index is 6.19. The summed E-state index contributed by atoms with van der Waals surface area (Å²) in [5, 5.41) is 0. The van der Waals surface area contributed by atoms with Crippen LogP contribution in [0.15, 0.2) is 36.4 Å². The Bertz CT molecular complexity index is 851. The molecule has 3 heterocycles. The first-order chi connectivity index (χ1) is 13.3. The van der Waals surface area contributed by atoms with Gasteiger partial charge < -0.3 is 28.4 Å². The van der Waals surface area contributed by atoms with E-state index in [4.69, 9.17) is 28.4 Å². The van der Waals surface area contributed by atoms with E-state index in [1.54, 1.807) is 14.2 Å². The van der Waals surface area contributed by atoms with Crippen molar-refractivity contribution in [1.82, 2.24) is 0 Å². The van der Waals surface area contributed by atoms with Gasteiger partial charge in [-0.15, -0.1) is 0 Å². The number of ether oxygens (including phenoxy) is 6. The van der Waals surface area contributed by atoms with Crippen molar-refractivity contribution >= 4 is 0 Å². The number of hydrogen-bond acceptors (Lipinski definition) is 6. The maximum absolute atomic E-state index is 6.19. The molecule has 2 fully saturated rings. The average Bonchev–Trinajstić information content (AvgIpc) is 3.42. The second kappa shape index (κ2) is 6.62. The summed E-state index contributed by atoms with van der Waals surface area (Å²) in [6, 6.07) is 12.0. The predicted octanol–water partition coefficient (Wildman–Crippen LogP) is 3.51. The van der Waals surface area contributed by atoms with Gasteiger partial charge in [0.1, 0.15) is 0 Å². The molecule has 0 saturated carbocycles. The van der Waals surface area contributed by atoms with Crippen LogP contribution in [0.3, 0.4) is 0 Å². The number of methoxy groups -OCH3 is 2. The number of hydrogen-bond donors (Lipinski definition) is 0. The van der Waals surface area contributed by atoms with Crippen LogP contribution in [0.5, 0.6) is 23.0 Å². The lowest BCUT2D eigenvalue weighted by atomic mass is 9.85. The van der Waals surface area contributed by atoms with Crippen LogP contribution >= 0.6 is 0 Å². The van der Waals surface area contributed by atoms with E-state index in [1.165, 1.54) is 0 Å². The van der Waals surface area contributed by atoms with Crippen LogP contribution in [0.2, 0.25) is 0 Å². The van der Waals surface area contributed by atoms with Crippen molar-refractivity contribution in [2.75, 3.05) is 34.2 Å². The van der Waals surface area contributed by atoms with Crippen LogP contribution in [0.25, 0.3) is 0 Å². The molecule has 2 aromatic carbocycles. The highest BCUT2D eigenvalue weighted by Crippen LogP contribution is 2.51. The molecule has 6 nitrogen and oxygen atoms in total. The smallest absolute Gasteiger partial charge is 0.231 e. The Morgan fingerprint density at radius 2 is 1.37 bits per heavy atom. The van der Waals surface area contributed by atoms with Crippen LogP contribution in [0.1, 0.15) is 23.3 Å². The number of rotatable bonds is 4. The summed E-state index contributed by atoms with van der Waals surface area (Å²) >= 11 is 0. The molecule has 142 valence electrons. The third-order valence-electron chi connectivity index (χ3n) is 5.73. The van der Waals surface area contributed by atoms with Gasteiger partial charge in [0.25, 0.3) is 0 Å². The van der Waals surface area contributed by atoms with E-state index >= 15 is 0 Å². The lowest BCUT2D eigenvalue weighted by Gasteiger charge is -2.18. The van der Waals surface area contributed by atoms with E-state index in [-0.39, 0.29) is 19.0 Å². The number of fused-ring (bicyclic) bond motifs is 2. The Hall–Kier alpha value is -2.44. The Morgan fingerprint density at radius 1 is 0.741 bits per heavy atom. The average molecular weight is 370 g/mol. The third kappa shape index (κ3) is 2.71. The van der Waals surface area contributed by atoms with Crippen molar-refractivity contribution in [2.45, 2.75) is 12.2 Å². The van der Waals surface area contributed by atoms with E-state index in [2.05, 4.69) is 6.07 Å². The van der Waals surface area contributed by atoms with Gasteiger partial charge in [-0.3, -0.25) is 0 Å². The summed E-state index contributed by atoms with van der Waals surface area (Å²) < 4.78 is 34.1. The fraction of sp³-hybridized carbons (Fsp3) is 0.429. The molecule has 6 heteroatoms. The molecule has 2 aromatic rings. The summed E-state index contributed by atoms with van der Waals surface area (Å²) in [7, 11) is 3.29. The first-order valence-corrected chi connectivity index (χ1v) is 9.13. The van der Waals surface area contributed by atoms with Crippen molar-refractivity contribution in [3.05, 3.63) is 47.5 Å². The highest BCUT2D eigenvalue weighted by molar-refractivity contribution is 5.46. The zero-order chi connectivity index (χ0) is 18.4. The lowest BCUT2D eigenvalue weighted by Crippen LogP contribution is -2.14. The minimum Gasteiger partial charge on any atom is -0.493 e. The molecule has 0 radical (unpaired) electrons. The van der Waals surface area contributed by atoms with Crippen molar-refractivity contribution in [2.24, 2.45) is 11.8 Å². The molecule has 0 unspecified atom stereocenters. The van der Waals surface area contributed by atoms with E-state index in [0.717, 1.165) is 28.4 Å². The molecule has 3 aliphatic rings. The number of benzene rings is 2. The van der Waals surface area contributed by atoms with Gasteiger partial charge in [-0.1, -0.05) is 12.1 Å². The van der Waals surface area contributed by atoms with Gasteiger partial charge in [-0.2, -0.15) is 0 Å². The second-order valence-electron chi connectivity index (χ2n) is 7.06. The van der Waals surface area contributed by atoms with Crippen molar-refractivity contribution in [3.8, 4) is 23.0 Å². The Labute approximate surface area is 157 Å². The second-order valence-corrected chi connectivity index (χ2v) is 7.06. The highest BCUT2D eigenvalue weighted by atomic mass is 16.7. The zero-order valence-electron chi connectivity index (χ0n) is 15.3. The molecular formula is C21H22O6. The summed E-state index contributed by atoms with van der Waals surface area (Å²) in [6.45, 7) is 1.62. The van der Waals surface area contributed by atoms with E-state index in [9.17, 15) is 0 Å². The highest BCUT2D eigenvalue weighted by Gasteiger charge is 2.48. The molecule has 0 aliphatic carbocycles. The fourth-order valence-corrected chi connectivity index (χ4v) is 4.35. The summed E-state index contributed by atoms with van der Waals surface area (Å²) in [5.74, 6) is 3.63. The monoisotopic (exact) mass is 370 g/mol. The van der Waals surface area contributed by atoms with Gasteiger partial charge in [-0.05, 0) is 35.4 Å². The molecule has 0 spiro atoms. The molecular weight excluding hydrogens is 348 g/mol. The van der Waals surface area contributed by atoms with E-state index < -0.39 is 0 Å². The van der Waals surface area contributed by atoms with Gasteiger partial charge in [0.05, 0.1) is 39.6 Å². The molecule has 2 saturated heterocycles. The molecule has 4 atom stereocenters. The van der Waals surface area contributed by atoms with Crippen LogP contribution < -0.4 is 18.9 Å². The molecule has 27 heavy (non-hydrogen) atoms. The quantitative estimate of drug-likeness (QED) is 0.821. The Kier molecular flexibility index (Phi) is 4.10. The van der Waals surface area contributed by atoms with Crippen molar-refractivity contribution in [3.63, 3.8) is 0 Å². The van der Waals surface area contributed by atoms with Crippen LogP contribution in [0.4, 0.5) is 0 Å². The lowest BCUT2D eigenvalue weighted by molar-refractivity contribution is 0.0191. The summed E-state index contributed by atoms with van der Waals surface area (Å²) in [5.41, 5.74) is 2.21. The van der Waals surface area contributed by atoms with Gasteiger partial charge in [0, 0.05) is 11.8 Å². The Morgan fingerprint density at radius 3 is 2.07 bits per heavy atom. The summed E-state index contributed by atoms with van der Waals surface area (Å²) in [4.78, 5) is 0. The van der Waals surface area contributed by atoms with Crippen molar-refractivity contribution < 1.29 is 28.4 Å². The SMILES string of the molecule is COc1ccc([C@H]2OC[C@@H]3[C@H]2CO[C@H]3c2ccc3c(c2)OCO3)cc1OC. The van der Waals surface area contributed by atoms with Gasteiger partial charge in [0.15, 0.2) is 23.0 Å². The molecule has 0 N–H and O–H groups in total. The standard InChI is InChI=1S/C21H22O6/c1-22-16-5-3-12(7-18(16)23-2)20-14-9-25-21(15(14)10-24-20)13-4-6-17-19(8-13)27-11-26-17/h3-8,14-15,20-21H,9-11H2,1-2H3/t14-,15-,20-,21+/m1/s1. The zero-order valence-corrected chi connectivity index (χ0v) is 15.3. The van der Waals surface area contributed by atoms with Gasteiger partial charge in [-0.25, -0.2) is 0 Å². The normalized spacial score (nSPS) is 28.2. The van der Waals surface area contributed by atoms with Crippen LogP contribution in [0, 0.1) is 11.8 Å². The van der Waals surface area contributed by atoms with E-state index in [1.807, 2.05) is 30.3 Å². The van der Waals surface area contributed by atoms with E-state index in [0.29, 0.717) is 30.8 Å².